The summed E-state index contributed by atoms with van der Waals surface area (Å²) in [5, 5.41) is 11.6. The van der Waals surface area contributed by atoms with Gasteiger partial charge in [-0.2, -0.15) is 5.10 Å². The van der Waals surface area contributed by atoms with Crippen molar-refractivity contribution in [3.8, 4) is 16.3 Å². The fourth-order valence-corrected chi connectivity index (χ4v) is 4.22. The number of carbonyl (C=O) groups excluding carboxylic acids is 3. The lowest BCUT2D eigenvalue weighted by molar-refractivity contribution is -0.111. The number of nitrogens with zero attached hydrogens (tertiary/aromatic N) is 2. The second-order valence-corrected chi connectivity index (χ2v) is 7.97. The van der Waals surface area contributed by atoms with Crippen molar-refractivity contribution in [2.75, 3.05) is 5.32 Å². The monoisotopic (exact) mass is 440 g/mol. The fraction of sp³-hybridized carbons (Fsp3) is 0. The Morgan fingerprint density at radius 3 is 2.62 bits per heavy atom. The Morgan fingerprint density at radius 2 is 1.84 bits per heavy atom. The Labute approximate surface area is 187 Å². The van der Waals surface area contributed by atoms with E-state index in [-0.39, 0.29) is 11.1 Å². The molecule has 2 N–H and O–H groups in total. The number of aromatic nitrogens is 2. The lowest BCUT2D eigenvalue weighted by Gasteiger charge is -2.05. The van der Waals surface area contributed by atoms with Gasteiger partial charge >= 0.3 is 0 Å². The van der Waals surface area contributed by atoms with Crippen LogP contribution in [0, 0.1) is 0 Å². The Morgan fingerprint density at radius 1 is 1.00 bits per heavy atom. The van der Waals surface area contributed by atoms with Gasteiger partial charge in [-0.25, -0.2) is 4.68 Å². The Bertz CT molecular complexity index is 1370. The maximum atomic E-state index is 12.6. The molecule has 7 nitrogen and oxygen atoms in total. The molecule has 0 atom stereocenters. The van der Waals surface area contributed by atoms with Crippen LogP contribution in [0.1, 0.15) is 26.3 Å². The average molecular weight is 440 g/mol. The summed E-state index contributed by atoms with van der Waals surface area (Å²) in [5.74, 6) is -1.41. The summed E-state index contributed by atoms with van der Waals surface area (Å²) in [6.07, 6.45) is 4.93. The Kier molecular flexibility index (Phi) is 4.97. The zero-order valence-corrected chi connectivity index (χ0v) is 17.4. The van der Waals surface area contributed by atoms with Crippen LogP contribution in [-0.4, -0.2) is 27.5 Å². The van der Waals surface area contributed by atoms with Gasteiger partial charge in [-0.3, -0.25) is 19.7 Å². The molecule has 3 amide bonds. The summed E-state index contributed by atoms with van der Waals surface area (Å²) < 4.78 is 1.77. The molecule has 32 heavy (non-hydrogen) atoms. The van der Waals surface area contributed by atoms with Gasteiger partial charge in [-0.15, -0.1) is 11.3 Å². The van der Waals surface area contributed by atoms with Crippen LogP contribution in [0.15, 0.2) is 78.3 Å². The van der Waals surface area contributed by atoms with Crippen LogP contribution in [0.3, 0.4) is 0 Å². The first kappa shape index (κ1) is 19.7. The highest BCUT2D eigenvalue weighted by Crippen LogP contribution is 2.29. The van der Waals surface area contributed by atoms with Crippen molar-refractivity contribution in [2.45, 2.75) is 0 Å². The van der Waals surface area contributed by atoms with Gasteiger partial charge in [0.2, 0.25) is 5.91 Å². The topological polar surface area (TPSA) is 93.1 Å². The first-order valence-electron chi connectivity index (χ1n) is 9.77. The predicted octanol–water partition coefficient (Wildman–Crippen LogP) is 4.14. The van der Waals surface area contributed by atoms with Gasteiger partial charge in [0.25, 0.3) is 11.8 Å². The molecule has 0 unspecified atom stereocenters. The molecule has 0 spiro atoms. The molecular formula is C24H16N4O3S. The molecule has 5 rings (SSSR count). The van der Waals surface area contributed by atoms with Gasteiger partial charge in [0.15, 0.2) is 0 Å². The quantitative estimate of drug-likeness (QED) is 0.360. The van der Waals surface area contributed by atoms with E-state index in [1.54, 1.807) is 40.3 Å². The number of amides is 3. The van der Waals surface area contributed by atoms with Crippen LogP contribution >= 0.6 is 11.3 Å². The molecule has 4 aromatic rings. The van der Waals surface area contributed by atoms with Crippen LogP contribution in [-0.2, 0) is 4.79 Å². The van der Waals surface area contributed by atoms with Gasteiger partial charge < -0.3 is 5.32 Å². The summed E-state index contributed by atoms with van der Waals surface area (Å²) >= 11 is 1.56. The van der Waals surface area contributed by atoms with E-state index in [0.717, 1.165) is 21.8 Å². The van der Waals surface area contributed by atoms with Crippen molar-refractivity contribution in [1.29, 1.82) is 0 Å². The van der Waals surface area contributed by atoms with Gasteiger partial charge in [0.1, 0.15) is 5.69 Å². The second kappa shape index (κ2) is 8.09. The largest absolute Gasteiger partial charge is 0.322 e. The normalized spacial score (nSPS) is 12.8. The first-order valence-corrected chi connectivity index (χ1v) is 10.6. The van der Waals surface area contributed by atoms with Crippen molar-refractivity contribution in [1.82, 2.24) is 15.1 Å². The van der Waals surface area contributed by atoms with Crippen LogP contribution in [0.25, 0.3) is 22.3 Å². The summed E-state index contributed by atoms with van der Waals surface area (Å²) in [6, 6.07) is 18.4. The van der Waals surface area contributed by atoms with E-state index in [0.29, 0.717) is 5.69 Å². The van der Waals surface area contributed by atoms with Crippen LogP contribution < -0.4 is 10.6 Å². The van der Waals surface area contributed by atoms with E-state index < -0.39 is 17.7 Å². The Balaban J connectivity index is 1.44. The molecule has 0 saturated carbocycles. The summed E-state index contributed by atoms with van der Waals surface area (Å²) in [7, 11) is 0. The number of rotatable bonds is 5. The van der Waals surface area contributed by atoms with E-state index in [4.69, 9.17) is 5.10 Å². The number of hydrogen-bond donors (Lipinski definition) is 2. The maximum Gasteiger partial charge on any atom is 0.261 e. The number of hydrogen-bond acceptors (Lipinski definition) is 5. The lowest BCUT2D eigenvalue weighted by Crippen LogP contribution is -2.20. The third kappa shape index (κ3) is 3.63. The summed E-state index contributed by atoms with van der Waals surface area (Å²) in [5.41, 5.74) is 3.16. The first-order chi connectivity index (χ1) is 15.6. The highest BCUT2D eigenvalue weighted by atomic mass is 32.1. The number of para-hydroxylation sites is 1. The second-order valence-electron chi connectivity index (χ2n) is 7.02. The van der Waals surface area contributed by atoms with Crippen molar-refractivity contribution in [3.63, 3.8) is 0 Å². The molecule has 8 heteroatoms. The van der Waals surface area contributed by atoms with E-state index in [1.807, 2.05) is 54.0 Å². The van der Waals surface area contributed by atoms with E-state index in [2.05, 4.69) is 10.6 Å². The number of nitrogens with one attached hydrogen (secondary N) is 2. The summed E-state index contributed by atoms with van der Waals surface area (Å²) in [6.45, 7) is 0. The zero-order chi connectivity index (χ0) is 22.1. The molecule has 0 bridgehead atoms. The average Bonchev–Trinajstić information content (AvgIpc) is 3.53. The molecular weight excluding hydrogens is 424 g/mol. The van der Waals surface area contributed by atoms with Crippen molar-refractivity contribution in [3.05, 3.63) is 95.0 Å². The Hall–Kier alpha value is -4.30. The van der Waals surface area contributed by atoms with Gasteiger partial charge in [0, 0.05) is 17.8 Å². The number of carbonyl (C=O) groups is 3. The number of imide groups is 1. The molecule has 2 aromatic heterocycles. The van der Waals surface area contributed by atoms with Gasteiger partial charge in [-0.1, -0.05) is 30.3 Å². The van der Waals surface area contributed by atoms with Crippen molar-refractivity contribution < 1.29 is 14.4 Å². The maximum absolute atomic E-state index is 12.6. The molecule has 0 radical (unpaired) electrons. The highest BCUT2D eigenvalue weighted by Gasteiger charge is 2.29. The van der Waals surface area contributed by atoms with Gasteiger partial charge in [0.05, 0.1) is 27.4 Å². The van der Waals surface area contributed by atoms with E-state index >= 15 is 0 Å². The molecule has 0 aliphatic carbocycles. The number of thiophene rings is 1. The standard InChI is InChI=1S/C24H16N4O3S/c29-20(25-18-9-4-8-17-21(18)24(31)26-23(17)30)12-11-15-14-28(16-6-2-1-3-7-16)27-22(15)19-10-5-13-32-19/h1-14H,(H,25,29)(H,26,30,31). The minimum atomic E-state index is -0.519. The third-order valence-corrected chi connectivity index (χ3v) is 5.83. The minimum Gasteiger partial charge on any atom is -0.322 e. The van der Waals surface area contributed by atoms with E-state index in [1.165, 1.54) is 6.08 Å². The van der Waals surface area contributed by atoms with Crippen LogP contribution in [0.2, 0.25) is 0 Å². The smallest absolute Gasteiger partial charge is 0.261 e. The van der Waals surface area contributed by atoms with Crippen LogP contribution in [0.5, 0.6) is 0 Å². The highest BCUT2D eigenvalue weighted by molar-refractivity contribution is 7.13. The summed E-state index contributed by atoms with van der Waals surface area (Å²) in [4.78, 5) is 37.5. The minimum absolute atomic E-state index is 0.176. The van der Waals surface area contributed by atoms with Gasteiger partial charge in [-0.05, 0) is 41.8 Å². The molecule has 1 aliphatic heterocycles. The molecule has 1 aliphatic rings. The molecule has 3 heterocycles. The number of anilines is 1. The molecule has 2 aromatic carbocycles. The number of fused-ring (bicyclic) bond motifs is 1. The molecule has 0 fully saturated rings. The number of benzene rings is 2. The predicted molar refractivity (Wildman–Crippen MR) is 123 cm³/mol. The third-order valence-electron chi connectivity index (χ3n) is 4.95. The lowest BCUT2D eigenvalue weighted by atomic mass is 10.1. The molecule has 156 valence electrons. The fourth-order valence-electron chi connectivity index (χ4n) is 3.49. The van der Waals surface area contributed by atoms with Crippen molar-refractivity contribution in [2.24, 2.45) is 0 Å². The SMILES string of the molecule is O=C(C=Cc1cn(-c2ccccc2)nc1-c1cccs1)Nc1cccc2c1C(=O)NC2=O. The van der Waals surface area contributed by atoms with Crippen molar-refractivity contribution >= 4 is 40.8 Å². The zero-order valence-electron chi connectivity index (χ0n) is 16.6. The van der Waals surface area contributed by atoms with E-state index in [9.17, 15) is 14.4 Å². The molecule has 0 saturated heterocycles. The van der Waals surface area contributed by atoms with Crippen LogP contribution in [0.4, 0.5) is 5.69 Å².